The molecule has 0 aliphatic carbocycles. The van der Waals surface area contributed by atoms with Crippen molar-refractivity contribution in [2.75, 3.05) is 0 Å². The van der Waals surface area contributed by atoms with Crippen molar-refractivity contribution in [1.29, 1.82) is 0 Å². The summed E-state index contributed by atoms with van der Waals surface area (Å²) in [4.78, 5) is 18.7. The van der Waals surface area contributed by atoms with Gasteiger partial charge in [-0.15, -0.1) is 0 Å². The molecule has 0 bridgehead atoms. The van der Waals surface area contributed by atoms with E-state index in [-0.39, 0.29) is 5.92 Å². The van der Waals surface area contributed by atoms with Crippen LogP contribution in [-0.2, 0) is 0 Å². The summed E-state index contributed by atoms with van der Waals surface area (Å²) >= 11 is 0. The molecule has 1 amide bonds. The second kappa shape index (κ2) is 6.62. The molecule has 6 heteroatoms. The standard InChI is InChI=1S/C18H19N3O3/c1-11(2)16(21-18(22)23)17-19-14-9-8-13(10-15(14)20-17)24-12-6-4-3-5-7-12/h3-11,16,21H,1-2H3,(H,19,20)(H,22,23)/t16-/m0/s1. The van der Waals surface area contributed by atoms with Crippen molar-refractivity contribution >= 4 is 17.1 Å². The highest BCUT2D eigenvalue weighted by molar-refractivity contribution is 5.77. The first kappa shape index (κ1) is 15.9. The van der Waals surface area contributed by atoms with Gasteiger partial charge in [0.05, 0.1) is 17.1 Å². The third-order valence-electron chi connectivity index (χ3n) is 3.69. The number of aromatic nitrogens is 2. The van der Waals surface area contributed by atoms with Gasteiger partial charge in [0.25, 0.3) is 0 Å². The molecule has 1 aromatic heterocycles. The number of carboxylic acid groups (broad SMARTS) is 1. The first-order valence-corrected chi connectivity index (χ1v) is 7.75. The molecular formula is C18H19N3O3. The number of hydrogen-bond donors (Lipinski definition) is 3. The van der Waals surface area contributed by atoms with Gasteiger partial charge in [-0.05, 0) is 30.2 Å². The normalized spacial score (nSPS) is 12.3. The van der Waals surface area contributed by atoms with Crippen molar-refractivity contribution in [1.82, 2.24) is 15.3 Å². The number of fused-ring (bicyclic) bond motifs is 1. The molecule has 3 rings (SSSR count). The van der Waals surface area contributed by atoms with Crippen LogP contribution in [0, 0.1) is 5.92 Å². The Morgan fingerprint density at radius 3 is 2.58 bits per heavy atom. The van der Waals surface area contributed by atoms with E-state index in [0.717, 1.165) is 16.8 Å². The number of imidazole rings is 1. The molecule has 6 nitrogen and oxygen atoms in total. The summed E-state index contributed by atoms with van der Waals surface area (Å²) in [7, 11) is 0. The Balaban J connectivity index is 1.89. The molecule has 0 radical (unpaired) electrons. The second-order valence-corrected chi connectivity index (χ2v) is 5.89. The van der Waals surface area contributed by atoms with Gasteiger partial charge in [0.1, 0.15) is 17.3 Å². The van der Waals surface area contributed by atoms with Gasteiger partial charge < -0.3 is 20.1 Å². The molecule has 0 saturated heterocycles. The van der Waals surface area contributed by atoms with E-state index < -0.39 is 12.1 Å². The lowest BCUT2D eigenvalue weighted by atomic mass is 10.0. The number of rotatable bonds is 5. The Hall–Kier alpha value is -3.02. The van der Waals surface area contributed by atoms with E-state index in [2.05, 4.69) is 15.3 Å². The molecule has 1 heterocycles. The fourth-order valence-corrected chi connectivity index (χ4v) is 2.52. The smallest absolute Gasteiger partial charge is 0.405 e. The fourth-order valence-electron chi connectivity index (χ4n) is 2.52. The van der Waals surface area contributed by atoms with Gasteiger partial charge in [0.15, 0.2) is 0 Å². The monoisotopic (exact) mass is 325 g/mol. The van der Waals surface area contributed by atoms with Gasteiger partial charge in [0, 0.05) is 6.07 Å². The molecule has 24 heavy (non-hydrogen) atoms. The molecule has 2 aromatic carbocycles. The Kier molecular flexibility index (Phi) is 4.37. The molecule has 3 aromatic rings. The summed E-state index contributed by atoms with van der Waals surface area (Å²) in [5.41, 5.74) is 1.57. The van der Waals surface area contributed by atoms with Crippen LogP contribution in [0.2, 0.25) is 0 Å². The van der Waals surface area contributed by atoms with E-state index in [1.165, 1.54) is 0 Å². The van der Waals surface area contributed by atoms with Crippen LogP contribution in [-0.4, -0.2) is 21.2 Å². The van der Waals surface area contributed by atoms with Gasteiger partial charge in [-0.25, -0.2) is 9.78 Å². The van der Waals surface area contributed by atoms with E-state index in [0.29, 0.717) is 11.6 Å². The minimum atomic E-state index is -1.07. The summed E-state index contributed by atoms with van der Waals surface area (Å²) in [6.07, 6.45) is -1.07. The number of ether oxygens (including phenoxy) is 1. The number of benzene rings is 2. The number of aromatic amines is 1. The Labute approximate surface area is 139 Å². The molecule has 1 atom stereocenters. The molecule has 0 aliphatic heterocycles. The largest absolute Gasteiger partial charge is 0.465 e. The van der Waals surface area contributed by atoms with Crippen LogP contribution in [0.4, 0.5) is 4.79 Å². The number of para-hydroxylation sites is 1. The van der Waals surface area contributed by atoms with Crippen LogP contribution >= 0.6 is 0 Å². The number of carbonyl (C=O) groups is 1. The van der Waals surface area contributed by atoms with Crippen molar-refractivity contribution < 1.29 is 14.6 Å². The zero-order valence-electron chi connectivity index (χ0n) is 13.5. The summed E-state index contributed by atoms with van der Waals surface area (Å²) in [5, 5.41) is 11.5. The molecule has 0 unspecified atom stereocenters. The van der Waals surface area contributed by atoms with E-state index in [1.54, 1.807) is 0 Å². The summed E-state index contributed by atoms with van der Waals surface area (Å²) in [6, 6.07) is 14.7. The molecular weight excluding hydrogens is 306 g/mol. The summed E-state index contributed by atoms with van der Waals surface area (Å²) in [6.45, 7) is 3.88. The van der Waals surface area contributed by atoms with E-state index >= 15 is 0 Å². The summed E-state index contributed by atoms with van der Waals surface area (Å²) < 4.78 is 5.80. The highest BCUT2D eigenvalue weighted by Crippen LogP contribution is 2.27. The number of nitrogens with one attached hydrogen (secondary N) is 2. The van der Waals surface area contributed by atoms with Gasteiger partial charge in [-0.2, -0.15) is 0 Å². The molecule has 3 N–H and O–H groups in total. The maximum atomic E-state index is 11.0. The van der Waals surface area contributed by atoms with Gasteiger partial charge in [0.2, 0.25) is 0 Å². The van der Waals surface area contributed by atoms with Crippen LogP contribution in [0.3, 0.4) is 0 Å². The van der Waals surface area contributed by atoms with E-state index in [4.69, 9.17) is 9.84 Å². The first-order chi connectivity index (χ1) is 11.5. The number of hydrogen-bond acceptors (Lipinski definition) is 3. The highest BCUT2D eigenvalue weighted by Gasteiger charge is 2.21. The van der Waals surface area contributed by atoms with Crippen LogP contribution in [0.1, 0.15) is 25.7 Å². The minimum absolute atomic E-state index is 0.0710. The molecule has 0 fully saturated rings. The highest BCUT2D eigenvalue weighted by atomic mass is 16.5. The number of H-pyrrole nitrogens is 1. The van der Waals surface area contributed by atoms with Crippen molar-refractivity contribution in [3.8, 4) is 11.5 Å². The van der Waals surface area contributed by atoms with Crippen molar-refractivity contribution in [3.63, 3.8) is 0 Å². The quantitative estimate of drug-likeness (QED) is 0.652. The lowest BCUT2D eigenvalue weighted by Crippen LogP contribution is -2.31. The lowest BCUT2D eigenvalue weighted by molar-refractivity contribution is 0.185. The molecule has 124 valence electrons. The predicted octanol–water partition coefficient (Wildman–Crippen LogP) is 4.32. The average Bonchev–Trinajstić information content (AvgIpc) is 2.96. The zero-order valence-corrected chi connectivity index (χ0v) is 13.5. The van der Waals surface area contributed by atoms with E-state index in [1.807, 2.05) is 62.4 Å². The number of nitrogens with zero attached hydrogens (tertiary/aromatic N) is 1. The SMILES string of the molecule is CC(C)[C@H](NC(=O)O)c1nc2cc(Oc3ccccc3)ccc2[nH]1. The third-order valence-corrected chi connectivity index (χ3v) is 3.69. The van der Waals surface area contributed by atoms with Crippen LogP contribution < -0.4 is 10.1 Å². The van der Waals surface area contributed by atoms with Gasteiger partial charge in [-0.1, -0.05) is 32.0 Å². The number of amides is 1. The van der Waals surface area contributed by atoms with Crippen LogP contribution in [0.15, 0.2) is 48.5 Å². The van der Waals surface area contributed by atoms with Crippen LogP contribution in [0.5, 0.6) is 11.5 Å². The van der Waals surface area contributed by atoms with Crippen molar-refractivity contribution in [3.05, 3.63) is 54.4 Å². The van der Waals surface area contributed by atoms with E-state index in [9.17, 15) is 4.79 Å². The average molecular weight is 325 g/mol. The fraction of sp³-hybridized carbons (Fsp3) is 0.222. The Bertz CT molecular complexity index is 843. The maximum Gasteiger partial charge on any atom is 0.405 e. The van der Waals surface area contributed by atoms with Crippen LogP contribution in [0.25, 0.3) is 11.0 Å². The zero-order chi connectivity index (χ0) is 17.1. The Morgan fingerprint density at radius 2 is 1.92 bits per heavy atom. The van der Waals surface area contributed by atoms with Crippen molar-refractivity contribution in [2.24, 2.45) is 5.92 Å². The Morgan fingerprint density at radius 1 is 1.17 bits per heavy atom. The summed E-state index contributed by atoms with van der Waals surface area (Å²) in [5.74, 6) is 2.10. The third kappa shape index (κ3) is 3.48. The molecule has 0 saturated carbocycles. The minimum Gasteiger partial charge on any atom is -0.465 e. The first-order valence-electron chi connectivity index (χ1n) is 7.75. The predicted molar refractivity (Wildman–Crippen MR) is 91.3 cm³/mol. The molecule has 0 aliphatic rings. The lowest BCUT2D eigenvalue weighted by Gasteiger charge is -2.18. The maximum absolute atomic E-state index is 11.0. The van der Waals surface area contributed by atoms with Gasteiger partial charge >= 0.3 is 6.09 Å². The van der Waals surface area contributed by atoms with Crippen molar-refractivity contribution in [2.45, 2.75) is 19.9 Å². The van der Waals surface area contributed by atoms with Gasteiger partial charge in [-0.3, -0.25) is 0 Å². The second-order valence-electron chi connectivity index (χ2n) is 5.89. The topological polar surface area (TPSA) is 87.2 Å². The molecule has 0 spiro atoms.